The minimum absolute atomic E-state index is 0.126. The fraction of sp³-hybridized carbons (Fsp3) is 0.207. The van der Waals surface area contributed by atoms with Gasteiger partial charge in [-0.25, -0.2) is 9.37 Å². The van der Waals surface area contributed by atoms with E-state index in [1.54, 1.807) is 24.4 Å². The zero-order valence-electron chi connectivity index (χ0n) is 20.6. The van der Waals surface area contributed by atoms with E-state index in [-0.39, 0.29) is 11.9 Å². The smallest absolute Gasteiger partial charge is 0.125 e. The summed E-state index contributed by atoms with van der Waals surface area (Å²) in [6.45, 7) is 3.32. The third kappa shape index (κ3) is 4.85. The standard InChI is InChI=1S/C29H24Cl2FN5O/c1-17-23(3-2-10-33-17)35-25-15-27-29(16-26(25)34-19-8-11-38-12-9-19)37(20-5-6-21(30)22(31)14-20)28-13-18(32)4-7-24(28)36-27/h2-7,10,13-16,19,35H,8-9,11-12H2,1H3/b34-26+. The van der Waals surface area contributed by atoms with Crippen molar-refractivity contribution in [2.75, 3.05) is 18.5 Å². The van der Waals surface area contributed by atoms with Crippen LogP contribution in [0.2, 0.25) is 10.0 Å². The third-order valence-electron chi connectivity index (χ3n) is 6.70. The predicted molar refractivity (Wildman–Crippen MR) is 149 cm³/mol. The molecule has 3 aromatic rings. The number of nitrogens with zero attached hydrogens (tertiary/aromatic N) is 4. The molecule has 1 N–H and O–H groups in total. The van der Waals surface area contributed by atoms with Gasteiger partial charge in [0, 0.05) is 31.2 Å². The zero-order valence-corrected chi connectivity index (χ0v) is 22.1. The van der Waals surface area contributed by atoms with E-state index in [1.165, 1.54) is 12.1 Å². The Morgan fingerprint density at radius 2 is 1.84 bits per heavy atom. The molecule has 38 heavy (non-hydrogen) atoms. The van der Waals surface area contributed by atoms with Crippen LogP contribution in [0.4, 0.5) is 15.8 Å². The van der Waals surface area contributed by atoms with Gasteiger partial charge in [0.1, 0.15) is 5.82 Å². The zero-order chi connectivity index (χ0) is 26.2. The number of aryl methyl sites for hydroxylation is 1. The van der Waals surface area contributed by atoms with Crippen LogP contribution in [0.1, 0.15) is 18.5 Å². The largest absolute Gasteiger partial charge is 0.381 e. The average Bonchev–Trinajstić information content (AvgIpc) is 2.91. The van der Waals surface area contributed by atoms with Gasteiger partial charge < -0.3 is 14.6 Å². The van der Waals surface area contributed by atoms with E-state index in [0.29, 0.717) is 40.0 Å². The Bertz CT molecular complexity index is 1700. The number of aromatic nitrogens is 3. The number of fused-ring (bicyclic) bond motifs is 2. The molecule has 0 radical (unpaired) electrons. The summed E-state index contributed by atoms with van der Waals surface area (Å²) >= 11 is 12.6. The van der Waals surface area contributed by atoms with Crippen LogP contribution in [0, 0.1) is 12.7 Å². The summed E-state index contributed by atoms with van der Waals surface area (Å²) in [5.74, 6) is -0.357. The second-order valence-electron chi connectivity index (χ2n) is 9.27. The van der Waals surface area contributed by atoms with Crippen LogP contribution in [0.3, 0.4) is 0 Å². The lowest BCUT2D eigenvalue weighted by atomic mass is 10.1. The van der Waals surface area contributed by atoms with Crippen LogP contribution < -0.4 is 10.7 Å². The highest BCUT2D eigenvalue weighted by Gasteiger charge is 2.19. The summed E-state index contributed by atoms with van der Waals surface area (Å²) in [4.78, 5) is 14.4. The minimum Gasteiger partial charge on any atom is -0.381 e. The highest BCUT2D eigenvalue weighted by molar-refractivity contribution is 6.42. The van der Waals surface area contributed by atoms with Gasteiger partial charge in [-0.15, -0.1) is 0 Å². The molecule has 0 spiro atoms. The van der Waals surface area contributed by atoms with Gasteiger partial charge in [0.05, 0.1) is 60.9 Å². The summed E-state index contributed by atoms with van der Waals surface area (Å²) in [5, 5.41) is 5.15. The van der Waals surface area contributed by atoms with E-state index in [4.69, 9.17) is 37.9 Å². The van der Waals surface area contributed by atoms with Crippen LogP contribution in [-0.2, 0) is 4.74 Å². The summed E-state index contributed by atoms with van der Waals surface area (Å²) in [6, 6.07) is 17.9. The van der Waals surface area contributed by atoms with Crippen LogP contribution in [0.5, 0.6) is 0 Å². The molecule has 0 unspecified atom stereocenters. The topological polar surface area (TPSA) is 64.3 Å². The molecule has 3 aliphatic rings. The number of anilines is 2. The number of nitrogens with one attached hydrogen (secondary N) is 1. The van der Waals surface area contributed by atoms with Gasteiger partial charge in [-0.3, -0.25) is 9.98 Å². The van der Waals surface area contributed by atoms with Crippen molar-refractivity contribution in [1.82, 2.24) is 14.5 Å². The molecule has 192 valence electrons. The number of halogens is 3. The summed E-state index contributed by atoms with van der Waals surface area (Å²) in [5.41, 5.74) is 6.04. The van der Waals surface area contributed by atoms with Crippen molar-refractivity contribution in [3.63, 3.8) is 0 Å². The number of pyridine rings is 1. The molecule has 3 heterocycles. The van der Waals surface area contributed by atoms with E-state index in [0.717, 1.165) is 46.6 Å². The molecule has 0 atom stereocenters. The predicted octanol–water partition coefficient (Wildman–Crippen LogP) is 7.10. The maximum Gasteiger partial charge on any atom is 0.125 e. The minimum atomic E-state index is -0.357. The lowest BCUT2D eigenvalue weighted by Crippen LogP contribution is -2.23. The van der Waals surface area contributed by atoms with Gasteiger partial charge in [0.25, 0.3) is 0 Å². The van der Waals surface area contributed by atoms with Crippen LogP contribution >= 0.6 is 23.2 Å². The quantitative estimate of drug-likeness (QED) is 0.243. The van der Waals surface area contributed by atoms with Gasteiger partial charge in [-0.05, 0) is 74.4 Å². The first-order valence-corrected chi connectivity index (χ1v) is 13.1. The molecule has 1 fully saturated rings. The Balaban J connectivity index is 1.65. The summed E-state index contributed by atoms with van der Waals surface area (Å²) < 4.78 is 22.0. The summed E-state index contributed by atoms with van der Waals surface area (Å²) in [7, 11) is 0. The highest BCUT2D eigenvalue weighted by atomic mass is 35.5. The van der Waals surface area contributed by atoms with Gasteiger partial charge in [-0.1, -0.05) is 23.2 Å². The Hall–Kier alpha value is -3.52. The van der Waals surface area contributed by atoms with E-state index >= 15 is 0 Å². The van der Waals surface area contributed by atoms with Crippen molar-refractivity contribution in [3.8, 4) is 17.1 Å². The molecule has 0 saturated carbocycles. The van der Waals surface area contributed by atoms with Crippen molar-refractivity contribution in [1.29, 1.82) is 0 Å². The van der Waals surface area contributed by atoms with Crippen molar-refractivity contribution in [2.24, 2.45) is 4.99 Å². The number of hydrogen-bond acceptors (Lipinski definition) is 5. The maximum absolute atomic E-state index is 14.5. The van der Waals surface area contributed by atoms with Gasteiger partial charge in [-0.2, -0.15) is 0 Å². The number of ether oxygens (including phenoxy) is 1. The number of rotatable bonds is 4. The second-order valence-corrected chi connectivity index (χ2v) is 10.1. The van der Waals surface area contributed by atoms with Gasteiger partial charge in [0.2, 0.25) is 0 Å². The molecule has 1 saturated heterocycles. The molecule has 1 aliphatic carbocycles. The fourth-order valence-corrected chi connectivity index (χ4v) is 5.04. The molecule has 6 rings (SSSR count). The molecule has 0 amide bonds. The molecule has 9 heteroatoms. The molecular weight excluding hydrogens is 524 g/mol. The fourth-order valence-electron chi connectivity index (χ4n) is 4.75. The average molecular weight is 548 g/mol. The number of hydrogen-bond donors (Lipinski definition) is 1. The Morgan fingerprint density at radius 1 is 1.00 bits per heavy atom. The second kappa shape index (κ2) is 10.3. The molecule has 6 nitrogen and oxygen atoms in total. The first-order chi connectivity index (χ1) is 18.5. The summed E-state index contributed by atoms with van der Waals surface area (Å²) in [6.07, 6.45) is 3.45. The number of benzene rings is 3. The third-order valence-corrected chi connectivity index (χ3v) is 7.44. The Morgan fingerprint density at radius 3 is 2.63 bits per heavy atom. The monoisotopic (exact) mass is 547 g/mol. The van der Waals surface area contributed by atoms with Gasteiger partial charge in [0.15, 0.2) is 0 Å². The van der Waals surface area contributed by atoms with E-state index in [1.807, 2.05) is 41.8 Å². The van der Waals surface area contributed by atoms with Gasteiger partial charge >= 0.3 is 0 Å². The normalized spacial score (nSPS) is 14.9. The molecule has 1 aromatic heterocycles. The van der Waals surface area contributed by atoms with E-state index < -0.39 is 0 Å². The molecular formula is C29H24Cl2FN5O. The first-order valence-electron chi connectivity index (χ1n) is 12.4. The first kappa shape index (κ1) is 24.8. The SMILES string of the molecule is Cc1ncccc1Nc1cc2nc3ccc(F)cc3n(-c3ccc(Cl)c(Cl)c3)c-2c/c1=N\C1CCOCC1. The Kier molecular flexibility index (Phi) is 6.74. The van der Waals surface area contributed by atoms with Crippen LogP contribution in [0.25, 0.3) is 28.1 Å². The lowest BCUT2D eigenvalue weighted by Gasteiger charge is -2.22. The van der Waals surface area contributed by atoms with E-state index in [2.05, 4.69) is 10.3 Å². The van der Waals surface area contributed by atoms with Crippen LogP contribution in [-0.4, -0.2) is 33.8 Å². The lowest BCUT2D eigenvalue weighted by molar-refractivity contribution is 0.0864. The van der Waals surface area contributed by atoms with Crippen molar-refractivity contribution < 1.29 is 9.13 Å². The van der Waals surface area contributed by atoms with Crippen molar-refractivity contribution in [2.45, 2.75) is 25.8 Å². The highest BCUT2D eigenvalue weighted by Crippen LogP contribution is 2.33. The van der Waals surface area contributed by atoms with Crippen molar-refractivity contribution in [3.05, 3.63) is 93.8 Å². The van der Waals surface area contributed by atoms with E-state index in [9.17, 15) is 4.39 Å². The molecule has 0 bridgehead atoms. The molecule has 2 aromatic carbocycles. The van der Waals surface area contributed by atoms with Crippen LogP contribution in [0.15, 0.2) is 71.9 Å². The van der Waals surface area contributed by atoms with Crippen molar-refractivity contribution >= 4 is 45.6 Å². The maximum atomic E-state index is 14.5. The molecule has 2 aliphatic heterocycles. The Labute approximate surface area is 229 Å².